The molecule has 0 saturated carbocycles. The molecular weight excluding hydrogens is 160 g/mol. The molecule has 0 unspecified atom stereocenters. The van der Waals surface area contributed by atoms with Gasteiger partial charge in [0.2, 0.25) is 0 Å². The predicted molar refractivity (Wildman–Crippen MR) is 54.2 cm³/mol. The molecule has 0 saturated heterocycles. The van der Waals surface area contributed by atoms with Gasteiger partial charge in [-0.15, -0.1) is 0 Å². The fraction of sp³-hybridized carbons (Fsp3) is 0.364. The maximum atomic E-state index is 8.96. The van der Waals surface area contributed by atoms with Crippen LogP contribution in [-0.2, 0) is 5.41 Å². The van der Waals surface area contributed by atoms with Gasteiger partial charge in [-0.05, 0) is 44.0 Å². The standard InChI is InChI=1S/C11H14N2/c1-8-6-9(13)4-5-10(8)11(2,3)7-12/h4-6H,13H2,1-3H3. The van der Waals surface area contributed by atoms with Gasteiger partial charge in [-0.1, -0.05) is 6.07 Å². The summed E-state index contributed by atoms with van der Waals surface area (Å²) in [5, 5.41) is 8.96. The average Bonchev–Trinajstić information content (AvgIpc) is 2.03. The van der Waals surface area contributed by atoms with E-state index in [1.807, 2.05) is 39.0 Å². The third kappa shape index (κ3) is 1.81. The number of anilines is 1. The summed E-state index contributed by atoms with van der Waals surface area (Å²) in [6.45, 7) is 5.79. The molecule has 0 atom stereocenters. The zero-order chi connectivity index (χ0) is 10.1. The zero-order valence-corrected chi connectivity index (χ0v) is 8.26. The molecule has 0 aromatic heterocycles. The van der Waals surface area contributed by atoms with Crippen molar-refractivity contribution >= 4 is 5.69 Å². The van der Waals surface area contributed by atoms with Gasteiger partial charge in [0.15, 0.2) is 0 Å². The first-order chi connectivity index (χ1) is 5.97. The molecule has 0 spiro atoms. The SMILES string of the molecule is Cc1cc(N)ccc1C(C)(C)C#N. The Hall–Kier alpha value is -1.49. The molecule has 1 rings (SSSR count). The normalized spacial score (nSPS) is 10.9. The Labute approximate surface area is 79.0 Å². The van der Waals surface area contributed by atoms with Crippen LogP contribution in [0.15, 0.2) is 18.2 Å². The number of aryl methyl sites for hydroxylation is 1. The monoisotopic (exact) mass is 174 g/mol. The smallest absolute Gasteiger partial charge is 0.0768 e. The number of rotatable bonds is 1. The second kappa shape index (κ2) is 3.10. The number of hydrogen-bond acceptors (Lipinski definition) is 2. The van der Waals surface area contributed by atoms with E-state index in [4.69, 9.17) is 11.0 Å². The minimum Gasteiger partial charge on any atom is -0.399 e. The second-order valence-corrected chi connectivity index (χ2v) is 3.81. The molecule has 2 heteroatoms. The number of hydrogen-bond donors (Lipinski definition) is 1. The van der Waals surface area contributed by atoms with Gasteiger partial charge in [-0.25, -0.2) is 0 Å². The van der Waals surface area contributed by atoms with Crippen molar-refractivity contribution in [3.8, 4) is 6.07 Å². The summed E-state index contributed by atoms with van der Waals surface area (Å²) < 4.78 is 0. The van der Waals surface area contributed by atoms with Crippen LogP contribution in [0, 0.1) is 18.3 Å². The third-order valence-electron chi connectivity index (χ3n) is 2.20. The first-order valence-electron chi connectivity index (χ1n) is 4.25. The van der Waals surface area contributed by atoms with Gasteiger partial charge in [0.25, 0.3) is 0 Å². The van der Waals surface area contributed by atoms with E-state index in [-0.39, 0.29) is 0 Å². The highest BCUT2D eigenvalue weighted by Crippen LogP contribution is 2.26. The van der Waals surface area contributed by atoms with Crippen molar-refractivity contribution in [2.45, 2.75) is 26.2 Å². The topological polar surface area (TPSA) is 49.8 Å². The van der Waals surface area contributed by atoms with Gasteiger partial charge >= 0.3 is 0 Å². The Morgan fingerprint density at radius 3 is 2.46 bits per heavy atom. The largest absolute Gasteiger partial charge is 0.399 e. The van der Waals surface area contributed by atoms with Crippen LogP contribution in [0.1, 0.15) is 25.0 Å². The number of nitrogen functional groups attached to an aromatic ring is 1. The van der Waals surface area contributed by atoms with Crippen molar-refractivity contribution < 1.29 is 0 Å². The Morgan fingerprint density at radius 1 is 1.38 bits per heavy atom. The first-order valence-corrected chi connectivity index (χ1v) is 4.25. The van der Waals surface area contributed by atoms with Crippen LogP contribution in [0.2, 0.25) is 0 Å². The molecular formula is C11H14N2. The summed E-state index contributed by atoms with van der Waals surface area (Å²) in [7, 11) is 0. The average molecular weight is 174 g/mol. The van der Waals surface area contributed by atoms with E-state index in [1.54, 1.807) is 0 Å². The maximum absolute atomic E-state index is 8.96. The van der Waals surface area contributed by atoms with E-state index in [9.17, 15) is 0 Å². The first kappa shape index (κ1) is 9.60. The molecule has 0 aliphatic heterocycles. The summed E-state index contributed by atoms with van der Waals surface area (Å²) in [6.07, 6.45) is 0. The molecule has 0 bridgehead atoms. The van der Waals surface area contributed by atoms with Crippen LogP contribution < -0.4 is 5.73 Å². The van der Waals surface area contributed by atoms with Crippen molar-refractivity contribution in [2.24, 2.45) is 0 Å². The third-order valence-corrected chi connectivity index (χ3v) is 2.20. The molecule has 0 aliphatic rings. The van der Waals surface area contributed by atoms with Gasteiger partial charge in [0.05, 0.1) is 11.5 Å². The molecule has 0 heterocycles. The molecule has 0 aliphatic carbocycles. The lowest BCUT2D eigenvalue weighted by Crippen LogP contribution is -2.15. The summed E-state index contributed by atoms with van der Waals surface area (Å²) in [6, 6.07) is 7.93. The number of nitrogens with zero attached hydrogens (tertiary/aromatic N) is 1. The van der Waals surface area contributed by atoms with Crippen molar-refractivity contribution in [3.05, 3.63) is 29.3 Å². The fourth-order valence-corrected chi connectivity index (χ4v) is 1.45. The number of nitrogens with two attached hydrogens (primary N) is 1. The van der Waals surface area contributed by atoms with Crippen molar-refractivity contribution in [1.29, 1.82) is 5.26 Å². The summed E-state index contributed by atoms with van der Waals surface area (Å²) in [5.41, 5.74) is 8.06. The van der Waals surface area contributed by atoms with Gasteiger partial charge in [0.1, 0.15) is 0 Å². The molecule has 2 N–H and O–H groups in total. The van der Waals surface area contributed by atoms with Crippen molar-refractivity contribution in [2.75, 3.05) is 5.73 Å². The van der Waals surface area contributed by atoms with E-state index in [1.165, 1.54) is 0 Å². The maximum Gasteiger partial charge on any atom is 0.0768 e. The van der Waals surface area contributed by atoms with Gasteiger partial charge in [0, 0.05) is 5.69 Å². The van der Waals surface area contributed by atoms with E-state index in [0.29, 0.717) is 0 Å². The van der Waals surface area contributed by atoms with Gasteiger partial charge < -0.3 is 5.73 Å². The molecule has 68 valence electrons. The van der Waals surface area contributed by atoms with Crippen LogP contribution in [0.3, 0.4) is 0 Å². The summed E-state index contributed by atoms with van der Waals surface area (Å²) in [4.78, 5) is 0. The van der Waals surface area contributed by atoms with Crippen LogP contribution in [-0.4, -0.2) is 0 Å². The lowest BCUT2D eigenvalue weighted by atomic mass is 9.83. The van der Waals surface area contributed by atoms with Crippen molar-refractivity contribution in [1.82, 2.24) is 0 Å². The molecule has 0 amide bonds. The van der Waals surface area contributed by atoms with Crippen molar-refractivity contribution in [3.63, 3.8) is 0 Å². The van der Waals surface area contributed by atoms with Crippen LogP contribution >= 0.6 is 0 Å². The Balaban J connectivity index is 3.26. The minimum atomic E-state index is -0.433. The summed E-state index contributed by atoms with van der Waals surface area (Å²) >= 11 is 0. The number of benzene rings is 1. The zero-order valence-electron chi connectivity index (χ0n) is 8.26. The van der Waals surface area contributed by atoms with E-state index >= 15 is 0 Å². The second-order valence-electron chi connectivity index (χ2n) is 3.81. The molecule has 13 heavy (non-hydrogen) atoms. The lowest BCUT2D eigenvalue weighted by molar-refractivity contribution is 0.681. The molecule has 0 radical (unpaired) electrons. The molecule has 2 nitrogen and oxygen atoms in total. The fourth-order valence-electron chi connectivity index (χ4n) is 1.45. The number of nitriles is 1. The van der Waals surface area contributed by atoms with Gasteiger partial charge in [-0.3, -0.25) is 0 Å². The quantitative estimate of drug-likeness (QED) is 0.664. The van der Waals surface area contributed by atoms with Gasteiger partial charge in [-0.2, -0.15) is 5.26 Å². The molecule has 1 aromatic rings. The molecule has 1 aromatic carbocycles. The van der Waals surface area contributed by atoms with E-state index in [2.05, 4.69) is 6.07 Å². The van der Waals surface area contributed by atoms with E-state index < -0.39 is 5.41 Å². The highest BCUT2D eigenvalue weighted by molar-refractivity contribution is 5.47. The van der Waals surface area contributed by atoms with Crippen LogP contribution in [0.5, 0.6) is 0 Å². The van der Waals surface area contributed by atoms with Crippen LogP contribution in [0.4, 0.5) is 5.69 Å². The van der Waals surface area contributed by atoms with Crippen LogP contribution in [0.25, 0.3) is 0 Å². The lowest BCUT2D eigenvalue weighted by Gasteiger charge is -2.18. The minimum absolute atomic E-state index is 0.433. The van der Waals surface area contributed by atoms with E-state index in [0.717, 1.165) is 16.8 Å². The Bertz CT molecular complexity index is 359. The Morgan fingerprint density at radius 2 is 2.00 bits per heavy atom. The predicted octanol–water partition coefficient (Wildman–Crippen LogP) is 2.38. The highest BCUT2D eigenvalue weighted by atomic mass is 14.5. The highest BCUT2D eigenvalue weighted by Gasteiger charge is 2.21. The summed E-state index contributed by atoms with van der Waals surface area (Å²) in [5.74, 6) is 0. The molecule has 0 fully saturated rings. The Kier molecular flexibility index (Phi) is 2.29.